The average Bonchev–Trinajstić information content (AvgIpc) is 3.45. The first-order valence-corrected chi connectivity index (χ1v) is 24.8. The molecular weight excluding hydrogens is 725 g/mol. The summed E-state index contributed by atoms with van der Waals surface area (Å²) in [7, 11) is -9.44. The molecule has 3 heterocycles. The number of alkyl carbamates (subject to hydrolysis) is 1. The quantitative estimate of drug-likeness (QED) is 0.171. The molecule has 1 amide bonds. The normalized spacial score (nSPS) is 23.5. The van der Waals surface area contributed by atoms with Crippen LogP contribution in [0.15, 0.2) is 57.2 Å². The summed E-state index contributed by atoms with van der Waals surface area (Å²) in [5.74, 6) is 0. The van der Waals surface area contributed by atoms with E-state index in [-0.39, 0.29) is 54.1 Å². The van der Waals surface area contributed by atoms with E-state index in [1.807, 2.05) is 64.2 Å². The molecule has 2 aromatic rings. The number of nitrogens with two attached hydrogens (primary N) is 1. The zero-order chi connectivity index (χ0) is 39.1. The number of hydrogen-bond donors (Lipinski definition) is 2. The number of aromatic nitrogens is 2. The van der Waals surface area contributed by atoms with Crippen molar-refractivity contribution >= 4 is 32.8 Å². The molecule has 0 aliphatic carbocycles. The molecule has 17 heteroatoms. The maximum absolute atomic E-state index is 14.3. The van der Waals surface area contributed by atoms with E-state index in [9.17, 15) is 22.8 Å². The Morgan fingerprint density at radius 3 is 2.19 bits per heavy atom. The number of carbonyl (C=O) groups is 1. The summed E-state index contributed by atoms with van der Waals surface area (Å²) in [6.45, 7) is 22.1. The first-order chi connectivity index (χ1) is 23.8. The lowest BCUT2D eigenvalue weighted by Gasteiger charge is -2.43. The van der Waals surface area contributed by atoms with Crippen molar-refractivity contribution in [3.8, 4) is 0 Å². The Balaban J connectivity index is 1.71. The Bertz CT molecular complexity index is 1880. The van der Waals surface area contributed by atoms with Crippen molar-refractivity contribution in [1.82, 2.24) is 14.5 Å². The molecular formula is C35H56N4O10SSi2. The number of nitrogens with zero attached hydrogens (tertiary/aromatic N) is 2. The molecule has 1 aromatic carbocycles. The van der Waals surface area contributed by atoms with Crippen molar-refractivity contribution < 1.29 is 35.7 Å². The highest BCUT2D eigenvalue weighted by atomic mass is 32.2. The van der Waals surface area contributed by atoms with E-state index in [2.05, 4.69) is 39.2 Å². The monoisotopic (exact) mass is 780 g/mol. The molecule has 4 rings (SSSR count). The fourth-order valence-corrected chi connectivity index (χ4v) is 9.06. The van der Waals surface area contributed by atoms with Crippen LogP contribution in [0.4, 0.5) is 4.79 Å². The topological polar surface area (TPSA) is 179 Å². The summed E-state index contributed by atoms with van der Waals surface area (Å²) in [5, 5.41) is 2.99. The number of benzene rings is 1. The second-order valence-corrected chi connectivity index (χ2v) is 27.6. The van der Waals surface area contributed by atoms with Gasteiger partial charge in [0.15, 0.2) is 28.5 Å². The molecule has 4 atom stereocenters. The number of amides is 1. The Morgan fingerprint density at radius 2 is 1.63 bits per heavy atom. The molecule has 1 spiro atoms. The van der Waals surface area contributed by atoms with Gasteiger partial charge in [0.2, 0.25) is 0 Å². The number of hydrogen-bond acceptors (Lipinski definition) is 11. The van der Waals surface area contributed by atoms with Gasteiger partial charge in [0.25, 0.3) is 15.7 Å². The summed E-state index contributed by atoms with van der Waals surface area (Å²) >= 11 is 0. The highest BCUT2D eigenvalue weighted by Crippen LogP contribution is 2.52. The molecule has 52 heavy (non-hydrogen) atoms. The Hall–Kier alpha value is -3.07. The van der Waals surface area contributed by atoms with Crippen molar-refractivity contribution in [2.24, 2.45) is 5.73 Å². The summed E-state index contributed by atoms with van der Waals surface area (Å²) in [6, 6.07) is 9.24. The molecule has 0 bridgehead atoms. The molecule has 0 radical (unpaired) electrons. The third kappa shape index (κ3) is 8.66. The summed E-state index contributed by atoms with van der Waals surface area (Å²) in [4.78, 5) is 39.9. The van der Waals surface area contributed by atoms with E-state index in [4.69, 9.17) is 28.2 Å². The van der Waals surface area contributed by atoms with Gasteiger partial charge in [-0.25, -0.2) is 13.8 Å². The van der Waals surface area contributed by atoms with Crippen LogP contribution in [0.1, 0.15) is 65.3 Å². The second kappa shape index (κ2) is 15.0. The van der Waals surface area contributed by atoms with Gasteiger partial charge < -0.3 is 29.4 Å². The predicted molar refractivity (Wildman–Crippen MR) is 203 cm³/mol. The maximum Gasteiger partial charge on any atom is 0.407 e. The van der Waals surface area contributed by atoms with Gasteiger partial charge in [0, 0.05) is 24.8 Å². The van der Waals surface area contributed by atoms with Crippen LogP contribution in [0, 0.1) is 6.92 Å². The minimum Gasteiger partial charge on any atom is -0.445 e. The standard InChI is InChI=1S/C35H56N4O10SSi2/c1-24-20-39(32(42)38(29(24)40)19-15-18-37-31(41)45-21-25-16-13-12-14-17-25)30-28(48-52(10,11)34(5,6)7)35(26(36)23-50(43,44)49-35)27(47-30)22-46-51(8,9)33(2,3)4/h12-14,16-17,20,23,27-28,30H,15,18-19,21-22,36H2,1-11H3,(H,37,41). The van der Waals surface area contributed by atoms with Crippen LogP contribution in [0.25, 0.3) is 0 Å². The third-order valence-electron chi connectivity index (χ3n) is 10.8. The van der Waals surface area contributed by atoms with Gasteiger partial charge in [-0.05, 0) is 55.2 Å². The molecule has 4 unspecified atom stereocenters. The molecule has 1 aromatic heterocycles. The molecule has 1 fully saturated rings. The van der Waals surface area contributed by atoms with E-state index in [0.29, 0.717) is 0 Å². The number of nitrogens with one attached hydrogen (secondary N) is 1. The first kappa shape index (κ1) is 41.7. The van der Waals surface area contributed by atoms with Crippen LogP contribution >= 0.6 is 0 Å². The molecule has 2 aliphatic heterocycles. The molecule has 14 nitrogen and oxygen atoms in total. The first-order valence-electron chi connectivity index (χ1n) is 17.5. The molecule has 2 aliphatic rings. The van der Waals surface area contributed by atoms with Gasteiger partial charge >= 0.3 is 11.8 Å². The fourth-order valence-electron chi connectivity index (χ4n) is 5.55. The van der Waals surface area contributed by atoms with E-state index >= 15 is 0 Å². The van der Waals surface area contributed by atoms with Gasteiger partial charge in [0.1, 0.15) is 18.8 Å². The molecule has 1 saturated heterocycles. The van der Waals surface area contributed by atoms with Crippen LogP contribution in [0.3, 0.4) is 0 Å². The molecule has 0 saturated carbocycles. The number of rotatable bonds is 12. The van der Waals surface area contributed by atoms with Gasteiger partial charge in [-0.3, -0.25) is 13.9 Å². The van der Waals surface area contributed by atoms with Crippen molar-refractivity contribution in [3.63, 3.8) is 0 Å². The minimum absolute atomic E-state index is 0.0330. The van der Waals surface area contributed by atoms with Crippen LogP contribution < -0.4 is 22.3 Å². The summed E-state index contributed by atoms with van der Waals surface area (Å²) < 4.78 is 59.9. The summed E-state index contributed by atoms with van der Waals surface area (Å²) in [6.07, 6.45) is -2.59. The van der Waals surface area contributed by atoms with E-state index in [0.717, 1.165) is 15.5 Å². The van der Waals surface area contributed by atoms with E-state index in [1.54, 1.807) is 6.92 Å². The van der Waals surface area contributed by atoms with Crippen molar-refractivity contribution in [2.45, 2.75) is 128 Å². The van der Waals surface area contributed by atoms with Gasteiger partial charge in [-0.2, -0.15) is 8.42 Å². The SMILES string of the molecule is Cc1cn(C2OC(CO[Si](C)(C)C(C)(C)C)C3(OS(=O)(=O)C=C3N)C2O[Si](C)(C)C(C)(C)C)c(=O)n(CCCNC(=O)OCc2ccccc2)c1=O. The molecule has 3 N–H and O–H groups in total. The molecule has 290 valence electrons. The lowest BCUT2D eigenvalue weighted by Crippen LogP contribution is -2.59. The van der Waals surface area contributed by atoms with E-state index < -0.39 is 68.1 Å². The second-order valence-electron chi connectivity index (χ2n) is 16.6. The zero-order valence-corrected chi connectivity index (χ0v) is 35.1. The summed E-state index contributed by atoms with van der Waals surface area (Å²) in [5.41, 5.74) is 4.46. The van der Waals surface area contributed by atoms with Gasteiger partial charge in [-0.1, -0.05) is 71.9 Å². The fraction of sp³-hybridized carbons (Fsp3) is 0.629. The Morgan fingerprint density at radius 1 is 1.02 bits per heavy atom. The van der Waals surface area contributed by atoms with Crippen LogP contribution in [0.2, 0.25) is 36.3 Å². The maximum atomic E-state index is 14.3. The number of carbonyl (C=O) groups excluding carboxylic acids is 1. The number of ether oxygens (including phenoxy) is 2. The third-order valence-corrected chi connectivity index (χ3v) is 20.8. The highest BCUT2D eigenvalue weighted by Gasteiger charge is 2.67. The van der Waals surface area contributed by atoms with Crippen LogP contribution in [0.5, 0.6) is 0 Å². The van der Waals surface area contributed by atoms with Gasteiger partial charge in [-0.15, -0.1) is 0 Å². The van der Waals surface area contributed by atoms with Crippen molar-refractivity contribution in [1.29, 1.82) is 0 Å². The Kier molecular flexibility index (Phi) is 12.0. The van der Waals surface area contributed by atoms with Crippen LogP contribution in [-0.2, 0) is 45.8 Å². The van der Waals surface area contributed by atoms with Crippen molar-refractivity contribution in [3.05, 3.63) is 79.6 Å². The smallest absolute Gasteiger partial charge is 0.407 e. The lowest BCUT2D eigenvalue weighted by atomic mass is 9.89. The lowest BCUT2D eigenvalue weighted by molar-refractivity contribution is -0.0567. The van der Waals surface area contributed by atoms with E-state index in [1.165, 1.54) is 10.8 Å². The zero-order valence-electron chi connectivity index (χ0n) is 32.3. The predicted octanol–water partition coefficient (Wildman–Crippen LogP) is 4.84. The number of aryl methyl sites for hydroxylation is 1. The Labute approximate surface area is 309 Å². The minimum atomic E-state index is -4.27. The van der Waals surface area contributed by atoms with Crippen molar-refractivity contribution in [2.75, 3.05) is 13.2 Å². The largest absolute Gasteiger partial charge is 0.445 e. The van der Waals surface area contributed by atoms with Crippen LogP contribution in [-0.4, -0.2) is 71.2 Å². The van der Waals surface area contributed by atoms with Gasteiger partial charge in [0.05, 0.1) is 17.7 Å². The average molecular weight is 781 g/mol. The highest BCUT2D eigenvalue weighted by molar-refractivity contribution is 7.90.